The molecule has 0 saturated carbocycles. The molecule has 5 nitrogen and oxygen atoms in total. The number of aliphatic carboxylic acids is 1. The van der Waals surface area contributed by atoms with E-state index in [9.17, 15) is 9.59 Å². The smallest absolute Gasteiger partial charge is 0.336 e. The number of carboxylic acid groups (broad SMARTS) is 1. The summed E-state index contributed by atoms with van der Waals surface area (Å²) >= 11 is 0. The quantitative estimate of drug-likeness (QED) is 0.790. The van der Waals surface area contributed by atoms with Crippen molar-refractivity contribution in [2.24, 2.45) is 5.73 Å². The predicted octanol–water partition coefficient (Wildman–Crippen LogP) is 1.14. The van der Waals surface area contributed by atoms with Crippen molar-refractivity contribution < 1.29 is 14.3 Å². The summed E-state index contributed by atoms with van der Waals surface area (Å²) < 4.78 is 5.05. The first-order valence-electron chi connectivity index (χ1n) is 5.58. The molecule has 1 aromatic heterocycles. The average molecular weight is 247 g/mol. The summed E-state index contributed by atoms with van der Waals surface area (Å²) in [5, 5.41) is 9.54. The monoisotopic (exact) mass is 247 g/mol. The van der Waals surface area contributed by atoms with Crippen molar-refractivity contribution >= 4 is 16.9 Å². The number of para-hydroxylation sites is 1. The zero-order valence-electron chi connectivity index (χ0n) is 9.63. The lowest BCUT2D eigenvalue weighted by atomic mass is 10.0. The molecule has 3 N–H and O–H groups in total. The van der Waals surface area contributed by atoms with Gasteiger partial charge in [-0.2, -0.15) is 0 Å². The van der Waals surface area contributed by atoms with Crippen molar-refractivity contribution in [1.82, 2.24) is 0 Å². The molecular formula is C13H13NO4. The largest absolute Gasteiger partial charge is 0.480 e. The summed E-state index contributed by atoms with van der Waals surface area (Å²) in [6, 6.07) is 7.62. The van der Waals surface area contributed by atoms with Gasteiger partial charge in [0.2, 0.25) is 0 Å². The zero-order chi connectivity index (χ0) is 13.1. The van der Waals surface area contributed by atoms with E-state index in [1.54, 1.807) is 12.1 Å². The third-order valence-corrected chi connectivity index (χ3v) is 2.78. The van der Waals surface area contributed by atoms with E-state index in [0.717, 1.165) is 10.9 Å². The van der Waals surface area contributed by atoms with E-state index in [4.69, 9.17) is 15.3 Å². The Hall–Kier alpha value is -2.14. The maximum atomic E-state index is 11.4. The Morgan fingerprint density at radius 2 is 2.11 bits per heavy atom. The van der Waals surface area contributed by atoms with Crippen molar-refractivity contribution in [3.63, 3.8) is 0 Å². The Morgan fingerprint density at radius 1 is 1.39 bits per heavy atom. The van der Waals surface area contributed by atoms with Gasteiger partial charge in [-0.3, -0.25) is 4.79 Å². The van der Waals surface area contributed by atoms with Crippen LogP contribution in [0.15, 0.2) is 39.5 Å². The summed E-state index contributed by atoms with van der Waals surface area (Å²) in [7, 11) is 0. The summed E-state index contributed by atoms with van der Waals surface area (Å²) in [4.78, 5) is 22.0. The molecule has 1 atom stereocenters. The lowest BCUT2D eigenvalue weighted by Crippen LogP contribution is -2.30. The number of rotatable bonds is 4. The number of hydrogen-bond acceptors (Lipinski definition) is 4. The SMILES string of the molecule is N[C@@H](CCc1cc(=O)oc2ccccc12)C(=O)O. The number of carbonyl (C=O) groups is 1. The van der Waals surface area contributed by atoms with E-state index in [2.05, 4.69) is 0 Å². The normalized spacial score (nSPS) is 12.5. The molecule has 2 rings (SSSR count). The van der Waals surface area contributed by atoms with Crippen molar-refractivity contribution in [3.8, 4) is 0 Å². The van der Waals surface area contributed by atoms with Crippen LogP contribution in [0.4, 0.5) is 0 Å². The molecule has 1 heterocycles. The highest BCUT2D eigenvalue weighted by atomic mass is 16.4. The van der Waals surface area contributed by atoms with Crippen LogP contribution in [0.5, 0.6) is 0 Å². The molecule has 0 unspecified atom stereocenters. The van der Waals surface area contributed by atoms with Crippen LogP contribution in [0.3, 0.4) is 0 Å². The first-order valence-corrected chi connectivity index (χ1v) is 5.58. The van der Waals surface area contributed by atoms with Gasteiger partial charge >= 0.3 is 11.6 Å². The van der Waals surface area contributed by atoms with Gasteiger partial charge in [0, 0.05) is 11.5 Å². The highest BCUT2D eigenvalue weighted by molar-refractivity contribution is 5.80. The zero-order valence-corrected chi connectivity index (χ0v) is 9.63. The molecule has 0 aliphatic carbocycles. The molecule has 0 bridgehead atoms. The minimum absolute atomic E-state index is 0.281. The second-order valence-electron chi connectivity index (χ2n) is 4.07. The summed E-state index contributed by atoms with van der Waals surface area (Å²) in [6.07, 6.45) is 0.711. The van der Waals surface area contributed by atoms with Crippen molar-refractivity contribution in [1.29, 1.82) is 0 Å². The second-order valence-corrected chi connectivity index (χ2v) is 4.07. The van der Waals surface area contributed by atoms with Gasteiger partial charge in [-0.1, -0.05) is 18.2 Å². The second kappa shape index (κ2) is 5.01. The molecule has 2 aromatic rings. The Labute approximate surface area is 103 Å². The molecule has 0 fully saturated rings. The van der Waals surface area contributed by atoms with Crippen LogP contribution in [0, 0.1) is 0 Å². The minimum atomic E-state index is -1.04. The van der Waals surface area contributed by atoms with Gasteiger partial charge in [-0.25, -0.2) is 4.79 Å². The number of benzene rings is 1. The molecule has 0 aliphatic rings. The Kier molecular flexibility index (Phi) is 3.43. The van der Waals surface area contributed by atoms with Crippen LogP contribution in [0.1, 0.15) is 12.0 Å². The summed E-state index contributed by atoms with van der Waals surface area (Å²) in [5.41, 5.74) is 6.27. The maximum Gasteiger partial charge on any atom is 0.336 e. The van der Waals surface area contributed by atoms with Gasteiger partial charge in [0.25, 0.3) is 0 Å². The van der Waals surface area contributed by atoms with Crippen LogP contribution in [0.25, 0.3) is 11.0 Å². The van der Waals surface area contributed by atoms with Crippen molar-refractivity contribution in [2.75, 3.05) is 0 Å². The average Bonchev–Trinajstić information content (AvgIpc) is 2.35. The van der Waals surface area contributed by atoms with Gasteiger partial charge < -0.3 is 15.3 Å². The standard InChI is InChI=1S/C13H13NO4/c14-10(13(16)17)6-5-8-7-12(15)18-11-4-2-1-3-9(8)11/h1-4,7,10H,5-6,14H2,(H,16,17)/t10-/m0/s1. The molecular weight excluding hydrogens is 234 g/mol. The minimum Gasteiger partial charge on any atom is -0.480 e. The number of aryl methyl sites for hydroxylation is 1. The summed E-state index contributed by atoms with van der Waals surface area (Å²) in [5.74, 6) is -1.04. The first kappa shape index (κ1) is 12.3. The molecule has 1 aromatic carbocycles. The van der Waals surface area contributed by atoms with Crippen LogP contribution in [-0.4, -0.2) is 17.1 Å². The maximum absolute atomic E-state index is 11.4. The third-order valence-electron chi connectivity index (χ3n) is 2.78. The molecule has 0 aliphatic heterocycles. The van der Waals surface area contributed by atoms with Gasteiger partial charge in [-0.05, 0) is 24.5 Å². The lowest BCUT2D eigenvalue weighted by Gasteiger charge is -2.07. The number of hydrogen-bond donors (Lipinski definition) is 2. The molecule has 0 spiro atoms. The Balaban J connectivity index is 2.32. The fourth-order valence-corrected chi connectivity index (χ4v) is 1.82. The van der Waals surface area contributed by atoms with Crippen LogP contribution < -0.4 is 11.4 Å². The van der Waals surface area contributed by atoms with Gasteiger partial charge in [0.15, 0.2) is 0 Å². The van der Waals surface area contributed by atoms with Crippen molar-refractivity contribution in [2.45, 2.75) is 18.9 Å². The van der Waals surface area contributed by atoms with E-state index >= 15 is 0 Å². The third kappa shape index (κ3) is 2.57. The number of fused-ring (bicyclic) bond motifs is 1. The molecule has 0 amide bonds. The van der Waals surface area contributed by atoms with E-state index in [1.165, 1.54) is 6.07 Å². The highest BCUT2D eigenvalue weighted by Gasteiger charge is 2.13. The number of carboxylic acids is 1. The molecule has 18 heavy (non-hydrogen) atoms. The van der Waals surface area contributed by atoms with Crippen LogP contribution >= 0.6 is 0 Å². The molecule has 94 valence electrons. The fourth-order valence-electron chi connectivity index (χ4n) is 1.82. The Morgan fingerprint density at radius 3 is 2.83 bits per heavy atom. The van der Waals surface area contributed by atoms with E-state index in [0.29, 0.717) is 12.0 Å². The fraction of sp³-hybridized carbons (Fsp3) is 0.231. The van der Waals surface area contributed by atoms with Gasteiger partial charge in [0.05, 0.1) is 0 Å². The summed E-state index contributed by atoms with van der Waals surface area (Å²) in [6.45, 7) is 0. The topological polar surface area (TPSA) is 93.5 Å². The van der Waals surface area contributed by atoms with E-state index < -0.39 is 17.6 Å². The lowest BCUT2D eigenvalue weighted by molar-refractivity contribution is -0.138. The van der Waals surface area contributed by atoms with Gasteiger partial charge in [0.1, 0.15) is 11.6 Å². The van der Waals surface area contributed by atoms with E-state index in [-0.39, 0.29) is 6.42 Å². The molecule has 0 saturated heterocycles. The molecule has 0 radical (unpaired) electrons. The Bertz CT molecular complexity index is 632. The molecule has 5 heteroatoms. The van der Waals surface area contributed by atoms with E-state index in [1.807, 2.05) is 12.1 Å². The highest BCUT2D eigenvalue weighted by Crippen LogP contribution is 2.18. The van der Waals surface area contributed by atoms with Crippen LogP contribution in [0.2, 0.25) is 0 Å². The van der Waals surface area contributed by atoms with Crippen molar-refractivity contribution in [3.05, 3.63) is 46.3 Å². The van der Waals surface area contributed by atoms with Gasteiger partial charge in [-0.15, -0.1) is 0 Å². The van der Waals surface area contributed by atoms with Crippen LogP contribution in [-0.2, 0) is 11.2 Å². The first-order chi connectivity index (χ1) is 8.58. The number of nitrogens with two attached hydrogens (primary N) is 1. The predicted molar refractivity (Wildman–Crippen MR) is 66.4 cm³/mol.